The number of fused-ring (bicyclic) bond motifs is 3. The van der Waals surface area contributed by atoms with Gasteiger partial charge in [0, 0.05) is 19.0 Å². The van der Waals surface area contributed by atoms with E-state index in [4.69, 9.17) is 0 Å². The van der Waals surface area contributed by atoms with Gasteiger partial charge in [-0.15, -0.1) is 0 Å². The van der Waals surface area contributed by atoms with Gasteiger partial charge in [0.15, 0.2) is 0 Å². The zero-order valence-corrected chi connectivity index (χ0v) is 12.5. The molecule has 1 aromatic carbocycles. The van der Waals surface area contributed by atoms with Crippen molar-refractivity contribution < 1.29 is 4.79 Å². The predicted octanol–water partition coefficient (Wildman–Crippen LogP) is 3.37. The first-order chi connectivity index (χ1) is 9.72. The standard InChI is InChI=1S/C17H24N2O/c1-3-12(2)17(20)19-11-5-7-14-9-8-13-6-4-10-18-15(13)16(14)19/h8-9,12,18H,3-7,10-11H2,1-2H3. The number of nitrogens with zero attached hydrogens (tertiary/aromatic N) is 1. The number of amides is 1. The fourth-order valence-electron chi connectivity index (χ4n) is 3.28. The highest BCUT2D eigenvalue weighted by Gasteiger charge is 2.29. The van der Waals surface area contributed by atoms with Crippen LogP contribution in [-0.2, 0) is 17.6 Å². The van der Waals surface area contributed by atoms with E-state index in [2.05, 4.69) is 24.4 Å². The van der Waals surface area contributed by atoms with Crippen LogP contribution < -0.4 is 10.2 Å². The molecule has 0 aromatic heterocycles. The highest BCUT2D eigenvalue weighted by Crippen LogP contribution is 2.40. The molecule has 1 amide bonds. The second-order valence-corrected chi connectivity index (χ2v) is 6.04. The predicted molar refractivity (Wildman–Crippen MR) is 83.4 cm³/mol. The van der Waals surface area contributed by atoms with Crippen molar-refractivity contribution in [2.75, 3.05) is 23.3 Å². The van der Waals surface area contributed by atoms with Gasteiger partial charge < -0.3 is 10.2 Å². The van der Waals surface area contributed by atoms with Gasteiger partial charge in [0.2, 0.25) is 5.91 Å². The molecule has 3 heteroatoms. The van der Waals surface area contributed by atoms with Crippen LogP contribution in [0.25, 0.3) is 0 Å². The van der Waals surface area contributed by atoms with Crippen molar-refractivity contribution in [2.45, 2.75) is 46.0 Å². The van der Waals surface area contributed by atoms with Crippen molar-refractivity contribution in [3.63, 3.8) is 0 Å². The van der Waals surface area contributed by atoms with E-state index in [9.17, 15) is 4.79 Å². The molecular weight excluding hydrogens is 248 g/mol. The summed E-state index contributed by atoms with van der Waals surface area (Å²) < 4.78 is 0. The van der Waals surface area contributed by atoms with Crippen molar-refractivity contribution in [3.8, 4) is 0 Å². The van der Waals surface area contributed by atoms with Crippen molar-refractivity contribution in [2.24, 2.45) is 5.92 Å². The highest BCUT2D eigenvalue weighted by molar-refractivity contribution is 6.00. The third-order valence-corrected chi connectivity index (χ3v) is 4.67. The number of hydrogen-bond acceptors (Lipinski definition) is 2. The zero-order valence-electron chi connectivity index (χ0n) is 12.5. The molecule has 2 heterocycles. The van der Waals surface area contributed by atoms with E-state index >= 15 is 0 Å². The Bertz CT molecular complexity index is 524. The molecule has 0 saturated carbocycles. The summed E-state index contributed by atoms with van der Waals surface area (Å²) in [5, 5.41) is 3.54. The molecule has 0 bridgehead atoms. The topological polar surface area (TPSA) is 32.3 Å². The van der Waals surface area contributed by atoms with Crippen LogP contribution in [0.3, 0.4) is 0 Å². The summed E-state index contributed by atoms with van der Waals surface area (Å²) in [6.45, 7) is 6.02. The summed E-state index contributed by atoms with van der Waals surface area (Å²) in [7, 11) is 0. The Morgan fingerprint density at radius 2 is 2.05 bits per heavy atom. The summed E-state index contributed by atoms with van der Waals surface area (Å²) in [6, 6.07) is 4.48. The molecule has 1 atom stereocenters. The van der Waals surface area contributed by atoms with Crippen molar-refractivity contribution >= 4 is 17.3 Å². The molecule has 1 unspecified atom stereocenters. The molecule has 0 spiro atoms. The highest BCUT2D eigenvalue weighted by atomic mass is 16.2. The van der Waals surface area contributed by atoms with Gasteiger partial charge in [0.1, 0.15) is 0 Å². The number of carbonyl (C=O) groups is 1. The Hall–Kier alpha value is -1.51. The van der Waals surface area contributed by atoms with Gasteiger partial charge in [-0.3, -0.25) is 4.79 Å². The average Bonchev–Trinajstić information content (AvgIpc) is 2.52. The summed E-state index contributed by atoms with van der Waals surface area (Å²) in [5.74, 6) is 0.398. The first kappa shape index (κ1) is 13.5. The molecule has 1 N–H and O–H groups in total. The van der Waals surface area contributed by atoms with Gasteiger partial charge >= 0.3 is 0 Å². The van der Waals surface area contributed by atoms with E-state index in [-0.39, 0.29) is 11.8 Å². The first-order valence-electron chi connectivity index (χ1n) is 7.92. The van der Waals surface area contributed by atoms with Crippen molar-refractivity contribution in [3.05, 3.63) is 23.3 Å². The number of hydrogen-bond donors (Lipinski definition) is 1. The molecule has 2 aliphatic heterocycles. The molecular formula is C17H24N2O. The Morgan fingerprint density at radius 1 is 1.30 bits per heavy atom. The van der Waals surface area contributed by atoms with E-state index in [0.717, 1.165) is 38.8 Å². The second kappa shape index (κ2) is 5.47. The van der Waals surface area contributed by atoms with E-state index in [1.165, 1.54) is 28.9 Å². The van der Waals surface area contributed by atoms with Gasteiger partial charge in [-0.05, 0) is 43.2 Å². The maximum Gasteiger partial charge on any atom is 0.229 e. The maximum absolute atomic E-state index is 12.7. The lowest BCUT2D eigenvalue weighted by atomic mass is 9.92. The molecule has 3 rings (SSSR count). The Morgan fingerprint density at radius 3 is 2.85 bits per heavy atom. The quantitative estimate of drug-likeness (QED) is 0.895. The smallest absolute Gasteiger partial charge is 0.229 e. The molecule has 0 saturated heterocycles. The normalized spacial score (nSPS) is 18.8. The number of anilines is 2. The van der Waals surface area contributed by atoms with E-state index in [0.29, 0.717) is 0 Å². The summed E-state index contributed by atoms with van der Waals surface area (Å²) in [6.07, 6.45) is 5.39. The fourth-order valence-corrected chi connectivity index (χ4v) is 3.28. The summed E-state index contributed by atoms with van der Waals surface area (Å²) in [5.41, 5.74) is 5.11. The van der Waals surface area contributed by atoms with Crippen LogP contribution in [-0.4, -0.2) is 19.0 Å². The number of nitrogens with one attached hydrogen (secondary N) is 1. The van der Waals surface area contributed by atoms with E-state index in [1.54, 1.807) is 0 Å². The van der Waals surface area contributed by atoms with Crippen molar-refractivity contribution in [1.29, 1.82) is 0 Å². The van der Waals surface area contributed by atoms with Crippen LogP contribution in [0.15, 0.2) is 12.1 Å². The number of benzene rings is 1. The lowest BCUT2D eigenvalue weighted by Crippen LogP contribution is -2.39. The lowest BCUT2D eigenvalue weighted by Gasteiger charge is -2.35. The molecule has 108 valence electrons. The maximum atomic E-state index is 12.7. The summed E-state index contributed by atoms with van der Waals surface area (Å²) >= 11 is 0. The van der Waals surface area contributed by atoms with Gasteiger partial charge in [0.05, 0.1) is 11.4 Å². The zero-order chi connectivity index (χ0) is 14.1. The minimum Gasteiger partial charge on any atom is -0.383 e. The number of carbonyl (C=O) groups excluding carboxylic acids is 1. The Kier molecular flexibility index (Phi) is 3.68. The molecule has 3 nitrogen and oxygen atoms in total. The first-order valence-corrected chi connectivity index (χ1v) is 7.92. The van der Waals surface area contributed by atoms with Gasteiger partial charge in [0.25, 0.3) is 0 Å². The van der Waals surface area contributed by atoms with E-state index < -0.39 is 0 Å². The molecule has 2 aliphatic rings. The largest absolute Gasteiger partial charge is 0.383 e. The minimum absolute atomic E-state index is 0.111. The molecule has 1 aromatic rings. The summed E-state index contributed by atoms with van der Waals surface area (Å²) in [4.78, 5) is 14.7. The monoisotopic (exact) mass is 272 g/mol. The van der Waals surface area contributed by atoms with Crippen LogP contribution in [0.5, 0.6) is 0 Å². The number of aryl methyl sites for hydroxylation is 2. The third-order valence-electron chi connectivity index (χ3n) is 4.67. The Labute approximate surface area is 121 Å². The van der Waals surface area contributed by atoms with Gasteiger partial charge in [-0.2, -0.15) is 0 Å². The van der Waals surface area contributed by atoms with Crippen LogP contribution in [0, 0.1) is 5.92 Å². The molecule has 0 fully saturated rings. The fraction of sp³-hybridized carbons (Fsp3) is 0.588. The SMILES string of the molecule is CCC(C)C(=O)N1CCCc2ccc3c(c21)NCCC3. The van der Waals surface area contributed by atoms with E-state index in [1.807, 2.05) is 11.8 Å². The van der Waals surface area contributed by atoms with Crippen LogP contribution in [0.2, 0.25) is 0 Å². The number of rotatable bonds is 2. The van der Waals surface area contributed by atoms with Gasteiger partial charge in [-0.25, -0.2) is 0 Å². The second-order valence-electron chi connectivity index (χ2n) is 6.04. The minimum atomic E-state index is 0.111. The lowest BCUT2D eigenvalue weighted by molar-refractivity contribution is -0.122. The molecule has 20 heavy (non-hydrogen) atoms. The van der Waals surface area contributed by atoms with Crippen LogP contribution in [0.4, 0.5) is 11.4 Å². The van der Waals surface area contributed by atoms with Crippen LogP contribution in [0.1, 0.15) is 44.2 Å². The van der Waals surface area contributed by atoms with Gasteiger partial charge in [-0.1, -0.05) is 26.0 Å². The average molecular weight is 272 g/mol. The molecule has 0 radical (unpaired) electrons. The Balaban J connectivity index is 2.04. The molecule has 0 aliphatic carbocycles. The third kappa shape index (κ3) is 2.19. The van der Waals surface area contributed by atoms with Crippen molar-refractivity contribution in [1.82, 2.24) is 0 Å². The van der Waals surface area contributed by atoms with Crippen LogP contribution >= 0.6 is 0 Å².